The van der Waals surface area contributed by atoms with Gasteiger partial charge in [-0.15, -0.1) is 0 Å². The lowest BCUT2D eigenvalue weighted by Crippen LogP contribution is -2.43. The maximum Gasteiger partial charge on any atom is 0.225 e. The van der Waals surface area contributed by atoms with Crippen LogP contribution in [-0.2, 0) is 22.4 Å². The van der Waals surface area contributed by atoms with Crippen LogP contribution in [0.2, 0.25) is 0 Å². The SMILES string of the molecule is NC(=O)CCc1ccc(CC2CCN(C(=O)C3CCC3)CC2)cc1. The molecule has 24 heavy (non-hydrogen) atoms. The number of hydrogen-bond acceptors (Lipinski definition) is 2. The second-order valence-corrected chi connectivity index (χ2v) is 7.38. The molecule has 4 heteroatoms. The van der Waals surface area contributed by atoms with Gasteiger partial charge in [0.1, 0.15) is 0 Å². The van der Waals surface area contributed by atoms with Gasteiger partial charge in [0.15, 0.2) is 0 Å². The molecule has 0 aromatic heterocycles. The summed E-state index contributed by atoms with van der Waals surface area (Å²) in [4.78, 5) is 25.2. The van der Waals surface area contributed by atoms with Crippen molar-refractivity contribution < 1.29 is 9.59 Å². The Labute approximate surface area is 144 Å². The smallest absolute Gasteiger partial charge is 0.225 e. The first-order valence-electron chi connectivity index (χ1n) is 9.26. The summed E-state index contributed by atoms with van der Waals surface area (Å²) in [5, 5.41) is 0. The highest BCUT2D eigenvalue weighted by molar-refractivity contribution is 5.79. The number of amides is 2. The number of carbonyl (C=O) groups is 2. The zero-order chi connectivity index (χ0) is 16.9. The largest absolute Gasteiger partial charge is 0.370 e. The van der Waals surface area contributed by atoms with Gasteiger partial charge in [0.2, 0.25) is 11.8 Å². The highest BCUT2D eigenvalue weighted by Crippen LogP contribution is 2.30. The van der Waals surface area contributed by atoms with E-state index in [1.165, 1.54) is 17.5 Å². The minimum absolute atomic E-state index is 0.248. The van der Waals surface area contributed by atoms with Gasteiger partial charge in [-0.2, -0.15) is 0 Å². The lowest BCUT2D eigenvalue weighted by atomic mass is 9.83. The van der Waals surface area contributed by atoms with Crippen molar-refractivity contribution in [2.24, 2.45) is 17.6 Å². The van der Waals surface area contributed by atoms with Crippen LogP contribution in [0.1, 0.15) is 49.7 Å². The van der Waals surface area contributed by atoms with Crippen LogP contribution in [0.5, 0.6) is 0 Å². The molecular weight excluding hydrogens is 300 g/mol. The van der Waals surface area contributed by atoms with Gasteiger partial charge < -0.3 is 10.6 Å². The molecule has 1 aliphatic carbocycles. The van der Waals surface area contributed by atoms with Crippen LogP contribution in [0.3, 0.4) is 0 Å². The van der Waals surface area contributed by atoms with Crippen molar-refractivity contribution in [3.63, 3.8) is 0 Å². The van der Waals surface area contributed by atoms with Gasteiger partial charge in [-0.3, -0.25) is 9.59 Å². The summed E-state index contributed by atoms with van der Waals surface area (Å²) in [5.74, 6) is 1.15. The van der Waals surface area contributed by atoms with Gasteiger partial charge in [0, 0.05) is 25.4 Å². The van der Waals surface area contributed by atoms with Crippen molar-refractivity contribution in [1.82, 2.24) is 4.90 Å². The van der Waals surface area contributed by atoms with E-state index in [0.29, 0.717) is 24.2 Å². The fourth-order valence-electron chi connectivity index (χ4n) is 3.71. The molecule has 0 unspecified atom stereocenters. The number of nitrogens with zero attached hydrogens (tertiary/aromatic N) is 1. The van der Waals surface area contributed by atoms with Gasteiger partial charge >= 0.3 is 0 Å². The van der Waals surface area contributed by atoms with E-state index in [2.05, 4.69) is 29.2 Å². The molecule has 2 N–H and O–H groups in total. The zero-order valence-corrected chi connectivity index (χ0v) is 14.4. The van der Waals surface area contributed by atoms with E-state index in [9.17, 15) is 9.59 Å². The average molecular weight is 328 g/mol. The summed E-state index contributed by atoms with van der Waals surface area (Å²) in [6, 6.07) is 8.55. The highest BCUT2D eigenvalue weighted by Gasteiger charge is 2.31. The van der Waals surface area contributed by atoms with Crippen molar-refractivity contribution in [2.45, 2.75) is 51.4 Å². The Morgan fingerprint density at radius 3 is 2.17 bits per heavy atom. The monoisotopic (exact) mass is 328 g/mol. The summed E-state index contributed by atoms with van der Waals surface area (Å²) in [6.45, 7) is 1.85. The summed E-state index contributed by atoms with van der Waals surface area (Å²) < 4.78 is 0. The van der Waals surface area contributed by atoms with Crippen molar-refractivity contribution in [2.75, 3.05) is 13.1 Å². The van der Waals surface area contributed by atoms with Crippen molar-refractivity contribution in [1.29, 1.82) is 0 Å². The number of benzene rings is 1. The summed E-state index contributed by atoms with van der Waals surface area (Å²) in [6.07, 6.45) is 7.86. The van der Waals surface area contributed by atoms with Gasteiger partial charge in [-0.05, 0) is 55.6 Å². The lowest BCUT2D eigenvalue weighted by molar-refractivity contribution is -0.139. The number of carbonyl (C=O) groups excluding carboxylic acids is 2. The predicted octanol–water partition coefficient (Wildman–Crippen LogP) is 2.69. The third-order valence-electron chi connectivity index (χ3n) is 5.59. The molecule has 0 bridgehead atoms. The normalized spacial score (nSPS) is 19.1. The Hall–Kier alpha value is -1.84. The van der Waals surface area contributed by atoms with Crippen molar-refractivity contribution in [3.05, 3.63) is 35.4 Å². The molecule has 1 aromatic rings. The molecule has 1 saturated carbocycles. The van der Waals surface area contributed by atoms with Crippen LogP contribution in [0.4, 0.5) is 0 Å². The molecule has 2 amide bonds. The van der Waals surface area contributed by atoms with Crippen LogP contribution in [0.25, 0.3) is 0 Å². The van der Waals surface area contributed by atoms with Crippen LogP contribution in [0, 0.1) is 11.8 Å². The molecule has 2 fully saturated rings. The van der Waals surface area contributed by atoms with Crippen LogP contribution >= 0.6 is 0 Å². The minimum atomic E-state index is -0.248. The first-order valence-corrected chi connectivity index (χ1v) is 9.26. The second-order valence-electron chi connectivity index (χ2n) is 7.38. The molecule has 4 nitrogen and oxygen atoms in total. The van der Waals surface area contributed by atoms with Crippen LogP contribution in [-0.4, -0.2) is 29.8 Å². The number of nitrogens with two attached hydrogens (primary N) is 1. The number of rotatable bonds is 6. The Kier molecular flexibility index (Phi) is 5.54. The quantitative estimate of drug-likeness (QED) is 0.872. The van der Waals surface area contributed by atoms with Gasteiger partial charge in [0.05, 0.1) is 0 Å². The molecule has 0 atom stereocenters. The van der Waals surface area contributed by atoms with Gasteiger partial charge in [0.25, 0.3) is 0 Å². The fraction of sp³-hybridized carbons (Fsp3) is 0.600. The van der Waals surface area contributed by atoms with E-state index in [1.807, 2.05) is 0 Å². The fourth-order valence-corrected chi connectivity index (χ4v) is 3.71. The maximum atomic E-state index is 12.3. The van der Waals surface area contributed by atoms with E-state index in [4.69, 9.17) is 5.73 Å². The average Bonchev–Trinajstić information content (AvgIpc) is 2.53. The van der Waals surface area contributed by atoms with E-state index in [0.717, 1.165) is 51.6 Å². The second kappa shape index (κ2) is 7.82. The topological polar surface area (TPSA) is 63.4 Å². The molecular formula is C20H28N2O2. The zero-order valence-electron chi connectivity index (χ0n) is 14.4. The molecule has 0 spiro atoms. The third kappa shape index (κ3) is 4.37. The summed E-state index contributed by atoms with van der Waals surface area (Å²) in [7, 11) is 0. The number of piperidine rings is 1. The number of aryl methyl sites for hydroxylation is 1. The van der Waals surface area contributed by atoms with E-state index >= 15 is 0 Å². The molecule has 1 aromatic carbocycles. The van der Waals surface area contributed by atoms with E-state index in [-0.39, 0.29) is 5.91 Å². The molecule has 1 saturated heterocycles. The standard InChI is InChI=1S/C20H28N2O2/c21-19(23)9-8-15-4-6-16(7-5-15)14-17-10-12-22(13-11-17)20(24)18-2-1-3-18/h4-7,17-18H,1-3,8-14H2,(H2,21,23). The Morgan fingerprint density at radius 2 is 1.62 bits per heavy atom. The Bertz CT molecular complexity index is 570. The molecule has 3 rings (SSSR count). The van der Waals surface area contributed by atoms with Crippen molar-refractivity contribution in [3.8, 4) is 0 Å². The number of primary amides is 1. The minimum Gasteiger partial charge on any atom is -0.370 e. The van der Waals surface area contributed by atoms with Gasteiger partial charge in [-0.25, -0.2) is 0 Å². The van der Waals surface area contributed by atoms with Crippen LogP contribution in [0.15, 0.2) is 24.3 Å². The predicted molar refractivity (Wildman–Crippen MR) is 94.3 cm³/mol. The lowest BCUT2D eigenvalue weighted by Gasteiger charge is -2.36. The van der Waals surface area contributed by atoms with Gasteiger partial charge in [-0.1, -0.05) is 30.7 Å². The van der Waals surface area contributed by atoms with Crippen LogP contribution < -0.4 is 5.73 Å². The highest BCUT2D eigenvalue weighted by atomic mass is 16.2. The Balaban J connectivity index is 1.44. The maximum absolute atomic E-state index is 12.3. The van der Waals surface area contributed by atoms with E-state index in [1.54, 1.807) is 0 Å². The third-order valence-corrected chi connectivity index (χ3v) is 5.59. The number of hydrogen-bond donors (Lipinski definition) is 1. The van der Waals surface area contributed by atoms with Crippen molar-refractivity contribution >= 4 is 11.8 Å². The molecule has 130 valence electrons. The molecule has 2 aliphatic rings. The molecule has 1 heterocycles. The first kappa shape index (κ1) is 17.0. The number of likely N-dealkylation sites (tertiary alicyclic amines) is 1. The Morgan fingerprint density at radius 1 is 1.00 bits per heavy atom. The first-order chi connectivity index (χ1) is 11.6. The molecule has 1 aliphatic heterocycles. The summed E-state index contributed by atoms with van der Waals surface area (Å²) in [5.41, 5.74) is 7.70. The molecule has 0 radical (unpaired) electrons. The van der Waals surface area contributed by atoms with E-state index < -0.39 is 0 Å². The summed E-state index contributed by atoms with van der Waals surface area (Å²) >= 11 is 0.